The summed E-state index contributed by atoms with van der Waals surface area (Å²) in [5, 5.41) is 6.65. The summed E-state index contributed by atoms with van der Waals surface area (Å²) in [5.74, 6) is 0.750. The molecule has 4 heteroatoms. The van der Waals surface area contributed by atoms with Crippen LogP contribution in [0.5, 0.6) is 0 Å². The maximum Gasteiger partial charge on any atom is 0.315 e. The summed E-state index contributed by atoms with van der Waals surface area (Å²) in [6.45, 7) is 6.20. The molecule has 4 nitrogen and oxygen atoms in total. The van der Waals surface area contributed by atoms with Gasteiger partial charge in [0.05, 0.1) is 6.54 Å². The number of rotatable bonds is 2. The maximum atomic E-state index is 11.6. The van der Waals surface area contributed by atoms with Gasteiger partial charge < -0.3 is 15.1 Å². The second-order valence-corrected chi connectivity index (χ2v) is 5.31. The lowest BCUT2D eigenvalue weighted by molar-refractivity contribution is 0.231. The molecule has 1 aromatic heterocycles. The van der Waals surface area contributed by atoms with Crippen molar-refractivity contribution in [2.45, 2.75) is 32.9 Å². The highest BCUT2D eigenvalue weighted by Crippen LogP contribution is 2.18. The van der Waals surface area contributed by atoms with E-state index < -0.39 is 0 Å². The number of hydrogen-bond acceptors (Lipinski definition) is 2. The molecule has 0 aliphatic rings. The van der Waals surface area contributed by atoms with E-state index in [-0.39, 0.29) is 11.6 Å². The van der Waals surface area contributed by atoms with Crippen LogP contribution in [0.25, 0.3) is 11.0 Å². The van der Waals surface area contributed by atoms with Gasteiger partial charge in [0.25, 0.3) is 0 Å². The van der Waals surface area contributed by atoms with E-state index in [2.05, 4.69) is 10.6 Å². The molecule has 2 aromatic rings. The Balaban J connectivity index is 1.96. The first-order valence-corrected chi connectivity index (χ1v) is 5.97. The van der Waals surface area contributed by atoms with Gasteiger partial charge in [-0.15, -0.1) is 0 Å². The average Bonchev–Trinajstić information content (AvgIpc) is 2.66. The Bertz CT molecular complexity index is 519. The van der Waals surface area contributed by atoms with Crippen LogP contribution in [0.15, 0.2) is 34.7 Å². The van der Waals surface area contributed by atoms with Crippen molar-refractivity contribution in [3.8, 4) is 0 Å². The van der Waals surface area contributed by atoms with Crippen molar-refractivity contribution >= 4 is 17.0 Å². The fourth-order valence-corrected chi connectivity index (χ4v) is 1.68. The van der Waals surface area contributed by atoms with Gasteiger partial charge in [0.15, 0.2) is 0 Å². The highest BCUT2D eigenvalue weighted by molar-refractivity contribution is 5.78. The number of urea groups is 1. The van der Waals surface area contributed by atoms with E-state index >= 15 is 0 Å². The van der Waals surface area contributed by atoms with Crippen molar-refractivity contribution in [1.82, 2.24) is 10.6 Å². The molecular formula is C14H18N2O2. The summed E-state index contributed by atoms with van der Waals surface area (Å²) < 4.78 is 5.61. The molecule has 0 bridgehead atoms. The predicted octanol–water partition coefficient (Wildman–Crippen LogP) is 3.03. The number of hydrogen-bond donors (Lipinski definition) is 2. The third kappa shape index (κ3) is 3.26. The van der Waals surface area contributed by atoms with E-state index in [1.165, 1.54) is 0 Å². The Labute approximate surface area is 106 Å². The van der Waals surface area contributed by atoms with Crippen LogP contribution in [0.1, 0.15) is 26.5 Å². The Morgan fingerprint density at radius 2 is 2.00 bits per heavy atom. The Morgan fingerprint density at radius 3 is 2.67 bits per heavy atom. The minimum atomic E-state index is -0.238. The third-order valence-electron chi connectivity index (χ3n) is 2.39. The quantitative estimate of drug-likeness (QED) is 0.855. The molecule has 2 N–H and O–H groups in total. The van der Waals surface area contributed by atoms with E-state index in [0.717, 1.165) is 16.7 Å². The first-order chi connectivity index (χ1) is 8.44. The monoisotopic (exact) mass is 246 g/mol. The molecule has 0 atom stereocenters. The number of carbonyl (C=O) groups excluding carboxylic acids is 1. The van der Waals surface area contributed by atoms with Gasteiger partial charge >= 0.3 is 6.03 Å². The van der Waals surface area contributed by atoms with Crippen LogP contribution in [-0.2, 0) is 6.54 Å². The van der Waals surface area contributed by atoms with Gasteiger partial charge in [-0.25, -0.2) is 4.79 Å². The molecule has 0 radical (unpaired) electrons. The third-order valence-corrected chi connectivity index (χ3v) is 2.39. The maximum absolute atomic E-state index is 11.6. The molecule has 0 saturated heterocycles. The standard InChI is InChI=1S/C14H18N2O2/c1-14(2,3)16-13(17)15-9-11-8-10-6-4-5-7-12(10)18-11/h4-8H,9H2,1-3H3,(H2,15,16,17). The lowest BCUT2D eigenvalue weighted by Crippen LogP contribution is -2.46. The molecule has 0 aliphatic carbocycles. The van der Waals surface area contributed by atoms with Crippen LogP contribution < -0.4 is 10.6 Å². The lowest BCUT2D eigenvalue weighted by atomic mass is 10.1. The molecule has 2 amide bonds. The Hall–Kier alpha value is -1.97. The fraction of sp³-hybridized carbons (Fsp3) is 0.357. The predicted molar refractivity (Wildman–Crippen MR) is 71.3 cm³/mol. The second-order valence-electron chi connectivity index (χ2n) is 5.31. The van der Waals surface area contributed by atoms with E-state index in [4.69, 9.17) is 4.42 Å². The van der Waals surface area contributed by atoms with E-state index in [1.807, 2.05) is 51.1 Å². The normalized spacial score (nSPS) is 11.5. The number of carbonyl (C=O) groups is 1. The van der Waals surface area contributed by atoms with Crippen LogP contribution in [0.4, 0.5) is 4.79 Å². The smallest absolute Gasteiger partial charge is 0.315 e. The fourth-order valence-electron chi connectivity index (χ4n) is 1.68. The molecule has 1 aromatic carbocycles. The molecule has 0 fully saturated rings. The first-order valence-electron chi connectivity index (χ1n) is 5.97. The molecule has 1 heterocycles. The summed E-state index contributed by atoms with van der Waals surface area (Å²) in [7, 11) is 0. The molecule has 0 unspecified atom stereocenters. The average molecular weight is 246 g/mol. The summed E-state index contributed by atoms with van der Waals surface area (Å²) in [6.07, 6.45) is 0. The zero-order valence-electron chi connectivity index (χ0n) is 10.9. The van der Waals surface area contributed by atoms with Crippen LogP contribution in [0.2, 0.25) is 0 Å². The van der Waals surface area contributed by atoms with Crippen LogP contribution in [0.3, 0.4) is 0 Å². The number of nitrogens with one attached hydrogen (secondary N) is 2. The van der Waals surface area contributed by atoms with Crippen molar-refractivity contribution in [2.24, 2.45) is 0 Å². The molecular weight excluding hydrogens is 228 g/mol. The number of amides is 2. The van der Waals surface area contributed by atoms with Crippen molar-refractivity contribution < 1.29 is 9.21 Å². The SMILES string of the molecule is CC(C)(C)NC(=O)NCc1cc2ccccc2o1. The number of benzene rings is 1. The highest BCUT2D eigenvalue weighted by Gasteiger charge is 2.13. The molecule has 0 spiro atoms. The highest BCUT2D eigenvalue weighted by atomic mass is 16.3. The molecule has 18 heavy (non-hydrogen) atoms. The zero-order chi connectivity index (χ0) is 13.2. The zero-order valence-corrected chi connectivity index (χ0v) is 10.9. The summed E-state index contributed by atoms with van der Waals surface area (Å²) in [5.41, 5.74) is 0.600. The summed E-state index contributed by atoms with van der Waals surface area (Å²) in [6, 6.07) is 9.53. The summed E-state index contributed by atoms with van der Waals surface area (Å²) in [4.78, 5) is 11.6. The number of para-hydroxylation sites is 1. The van der Waals surface area contributed by atoms with Crippen molar-refractivity contribution in [3.63, 3.8) is 0 Å². The van der Waals surface area contributed by atoms with E-state index in [9.17, 15) is 4.79 Å². The van der Waals surface area contributed by atoms with Gasteiger partial charge in [0.2, 0.25) is 0 Å². The molecule has 96 valence electrons. The lowest BCUT2D eigenvalue weighted by Gasteiger charge is -2.20. The molecule has 0 aliphatic heterocycles. The topological polar surface area (TPSA) is 54.3 Å². The number of fused-ring (bicyclic) bond motifs is 1. The van der Waals surface area contributed by atoms with Crippen LogP contribution in [-0.4, -0.2) is 11.6 Å². The van der Waals surface area contributed by atoms with Crippen molar-refractivity contribution in [1.29, 1.82) is 0 Å². The second kappa shape index (κ2) is 4.72. The Kier molecular flexibility index (Phi) is 3.28. The van der Waals surface area contributed by atoms with E-state index in [0.29, 0.717) is 6.54 Å². The van der Waals surface area contributed by atoms with Gasteiger partial charge in [-0.3, -0.25) is 0 Å². The van der Waals surface area contributed by atoms with E-state index in [1.54, 1.807) is 0 Å². The van der Waals surface area contributed by atoms with Crippen LogP contribution in [0, 0.1) is 0 Å². The Morgan fingerprint density at radius 1 is 1.28 bits per heavy atom. The molecule has 0 saturated carbocycles. The first kappa shape index (κ1) is 12.5. The van der Waals surface area contributed by atoms with Crippen LogP contribution >= 0.6 is 0 Å². The van der Waals surface area contributed by atoms with Gasteiger partial charge in [-0.05, 0) is 32.9 Å². The summed E-state index contributed by atoms with van der Waals surface area (Å²) >= 11 is 0. The minimum absolute atomic E-state index is 0.192. The number of furan rings is 1. The van der Waals surface area contributed by atoms with Crippen molar-refractivity contribution in [2.75, 3.05) is 0 Å². The van der Waals surface area contributed by atoms with Gasteiger partial charge in [0, 0.05) is 10.9 Å². The largest absolute Gasteiger partial charge is 0.459 e. The van der Waals surface area contributed by atoms with Crippen molar-refractivity contribution in [3.05, 3.63) is 36.1 Å². The minimum Gasteiger partial charge on any atom is -0.459 e. The molecule has 2 rings (SSSR count). The van der Waals surface area contributed by atoms with Gasteiger partial charge in [0.1, 0.15) is 11.3 Å². The van der Waals surface area contributed by atoms with Gasteiger partial charge in [-0.1, -0.05) is 18.2 Å². The van der Waals surface area contributed by atoms with Gasteiger partial charge in [-0.2, -0.15) is 0 Å².